The molecule has 2 rings (SSSR count). The summed E-state index contributed by atoms with van der Waals surface area (Å²) in [7, 11) is 0. The van der Waals surface area contributed by atoms with Gasteiger partial charge in [-0.15, -0.1) is 34.2 Å². The van der Waals surface area contributed by atoms with E-state index in [1.807, 2.05) is 11.8 Å². The Kier molecular flexibility index (Phi) is 13.1. The number of nitrogens with zero attached hydrogens (tertiary/aromatic N) is 5. The van der Waals surface area contributed by atoms with E-state index in [0.29, 0.717) is 6.04 Å². The molecule has 156 valence electrons. The summed E-state index contributed by atoms with van der Waals surface area (Å²) in [5.41, 5.74) is 0. The van der Waals surface area contributed by atoms with Gasteiger partial charge in [0.2, 0.25) is 0 Å². The van der Waals surface area contributed by atoms with Crippen molar-refractivity contribution in [2.75, 3.05) is 44.7 Å². The fraction of sp³-hybridized carbons (Fsp3) is 0.833. The van der Waals surface area contributed by atoms with Crippen molar-refractivity contribution in [2.24, 2.45) is 4.99 Å². The number of nitrogens with one attached hydrogen (secondary N) is 2. The van der Waals surface area contributed by atoms with E-state index < -0.39 is 0 Å². The first-order valence-electron chi connectivity index (χ1n) is 9.90. The van der Waals surface area contributed by atoms with Crippen LogP contribution in [0.5, 0.6) is 0 Å². The van der Waals surface area contributed by atoms with E-state index in [-0.39, 0.29) is 24.0 Å². The maximum Gasteiger partial charge on any atom is 0.191 e. The van der Waals surface area contributed by atoms with Gasteiger partial charge in [0, 0.05) is 32.1 Å². The van der Waals surface area contributed by atoms with Gasteiger partial charge in [0.1, 0.15) is 12.2 Å². The number of guanidine groups is 1. The first-order valence-corrected chi connectivity index (χ1v) is 11.3. The van der Waals surface area contributed by atoms with Crippen molar-refractivity contribution in [3.05, 3.63) is 12.2 Å². The minimum atomic E-state index is 0. The fourth-order valence-corrected chi connectivity index (χ4v) is 3.78. The molecule has 0 radical (unpaired) electrons. The molecule has 1 aromatic rings. The SMILES string of the molecule is CCc1nncn1CCNC(=NCC1CCCN1CC)NCCCSC.I. The van der Waals surface area contributed by atoms with Crippen LogP contribution < -0.4 is 10.6 Å². The number of halogens is 1. The van der Waals surface area contributed by atoms with Crippen LogP contribution in [-0.2, 0) is 13.0 Å². The Morgan fingerprint density at radius 2 is 2.15 bits per heavy atom. The second kappa shape index (κ2) is 14.4. The smallest absolute Gasteiger partial charge is 0.191 e. The van der Waals surface area contributed by atoms with E-state index >= 15 is 0 Å². The van der Waals surface area contributed by atoms with E-state index in [0.717, 1.165) is 57.3 Å². The van der Waals surface area contributed by atoms with Gasteiger partial charge < -0.3 is 15.2 Å². The molecule has 1 fully saturated rings. The highest BCUT2D eigenvalue weighted by molar-refractivity contribution is 14.0. The summed E-state index contributed by atoms with van der Waals surface area (Å²) in [4.78, 5) is 7.41. The predicted molar refractivity (Wildman–Crippen MR) is 126 cm³/mol. The lowest BCUT2D eigenvalue weighted by atomic mass is 10.2. The molecule has 27 heavy (non-hydrogen) atoms. The number of likely N-dealkylation sites (N-methyl/N-ethyl adjacent to an activating group) is 1. The van der Waals surface area contributed by atoms with Crippen LogP contribution >= 0.6 is 35.7 Å². The Morgan fingerprint density at radius 1 is 1.33 bits per heavy atom. The Bertz CT molecular complexity index is 538. The zero-order valence-corrected chi connectivity index (χ0v) is 20.1. The Hall–Kier alpha value is -0.550. The maximum atomic E-state index is 4.87. The minimum Gasteiger partial charge on any atom is -0.356 e. The lowest BCUT2D eigenvalue weighted by molar-refractivity contribution is 0.273. The summed E-state index contributed by atoms with van der Waals surface area (Å²) in [5, 5.41) is 15.1. The second-order valence-electron chi connectivity index (χ2n) is 6.61. The lowest BCUT2D eigenvalue weighted by Gasteiger charge is -2.21. The molecule has 0 saturated carbocycles. The van der Waals surface area contributed by atoms with Gasteiger partial charge in [-0.25, -0.2) is 0 Å². The van der Waals surface area contributed by atoms with Gasteiger partial charge in [-0.05, 0) is 44.4 Å². The Balaban J connectivity index is 0.00000364. The molecule has 0 bridgehead atoms. The van der Waals surface area contributed by atoms with E-state index in [4.69, 9.17) is 4.99 Å². The monoisotopic (exact) mass is 509 g/mol. The molecule has 1 aliphatic heterocycles. The fourth-order valence-electron chi connectivity index (χ4n) is 3.35. The Morgan fingerprint density at radius 3 is 2.89 bits per heavy atom. The molecule has 0 spiro atoms. The average Bonchev–Trinajstić information content (AvgIpc) is 3.31. The molecule has 0 aliphatic carbocycles. The van der Waals surface area contributed by atoms with Crippen molar-refractivity contribution >= 4 is 41.7 Å². The normalized spacial score (nSPS) is 17.7. The van der Waals surface area contributed by atoms with E-state index in [2.05, 4.69) is 50.4 Å². The third-order valence-electron chi connectivity index (χ3n) is 4.84. The van der Waals surface area contributed by atoms with Crippen molar-refractivity contribution in [1.82, 2.24) is 30.3 Å². The largest absolute Gasteiger partial charge is 0.356 e. The van der Waals surface area contributed by atoms with Gasteiger partial charge in [-0.1, -0.05) is 13.8 Å². The number of thioether (sulfide) groups is 1. The average molecular weight is 510 g/mol. The first kappa shape index (κ1) is 24.5. The zero-order valence-electron chi connectivity index (χ0n) is 17.0. The highest BCUT2D eigenvalue weighted by Crippen LogP contribution is 2.16. The standard InChI is InChI=1S/C18H35N7S.HI/c1-4-17-23-22-15-25(17)12-10-20-18(19-9-7-13-26-3)21-14-16-8-6-11-24(16)5-2;/h15-16H,4-14H2,1-3H3,(H2,19,20,21);1H. The van der Waals surface area contributed by atoms with Crippen LogP contribution in [0, 0.1) is 0 Å². The lowest BCUT2D eigenvalue weighted by Crippen LogP contribution is -2.41. The van der Waals surface area contributed by atoms with Crippen molar-refractivity contribution in [2.45, 2.75) is 52.1 Å². The quantitative estimate of drug-likeness (QED) is 0.206. The number of rotatable bonds is 11. The topological polar surface area (TPSA) is 70.4 Å². The van der Waals surface area contributed by atoms with Gasteiger partial charge in [-0.3, -0.25) is 9.89 Å². The van der Waals surface area contributed by atoms with Crippen molar-refractivity contribution in [3.8, 4) is 0 Å². The van der Waals surface area contributed by atoms with Gasteiger partial charge in [-0.2, -0.15) is 11.8 Å². The molecular weight excluding hydrogens is 473 g/mol. The molecule has 7 nitrogen and oxygen atoms in total. The molecule has 0 aromatic carbocycles. The first-order chi connectivity index (χ1) is 12.8. The van der Waals surface area contributed by atoms with E-state index in [9.17, 15) is 0 Å². The molecule has 2 N–H and O–H groups in total. The van der Waals surface area contributed by atoms with Gasteiger partial charge in [0.25, 0.3) is 0 Å². The number of likely N-dealkylation sites (tertiary alicyclic amines) is 1. The van der Waals surface area contributed by atoms with Crippen molar-refractivity contribution in [3.63, 3.8) is 0 Å². The molecule has 1 atom stereocenters. The number of hydrogen-bond acceptors (Lipinski definition) is 5. The van der Waals surface area contributed by atoms with Crippen molar-refractivity contribution in [1.29, 1.82) is 0 Å². The number of aliphatic imine (C=N–C) groups is 1. The van der Waals surface area contributed by atoms with Crippen LogP contribution in [-0.4, -0.2) is 76.4 Å². The summed E-state index contributed by atoms with van der Waals surface area (Å²) in [6.07, 6.45) is 8.57. The van der Waals surface area contributed by atoms with Crippen LogP contribution in [0.1, 0.15) is 38.9 Å². The van der Waals surface area contributed by atoms with Crippen LogP contribution in [0.25, 0.3) is 0 Å². The number of hydrogen-bond donors (Lipinski definition) is 2. The minimum absolute atomic E-state index is 0. The molecule has 2 heterocycles. The third-order valence-corrected chi connectivity index (χ3v) is 5.54. The van der Waals surface area contributed by atoms with Gasteiger partial charge in [0.15, 0.2) is 5.96 Å². The number of aromatic nitrogens is 3. The summed E-state index contributed by atoms with van der Waals surface area (Å²) in [6, 6.07) is 0.592. The van der Waals surface area contributed by atoms with Crippen LogP contribution in [0.4, 0.5) is 0 Å². The van der Waals surface area contributed by atoms with Crippen molar-refractivity contribution < 1.29 is 0 Å². The van der Waals surface area contributed by atoms with Crippen LogP contribution in [0.3, 0.4) is 0 Å². The predicted octanol–water partition coefficient (Wildman–Crippen LogP) is 2.23. The van der Waals surface area contributed by atoms with Crippen LogP contribution in [0.15, 0.2) is 11.3 Å². The molecule has 1 saturated heterocycles. The highest BCUT2D eigenvalue weighted by Gasteiger charge is 2.22. The van der Waals surface area contributed by atoms with Gasteiger partial charge >= 0.3 is 0 Å². The van der Waals surface area contributed by atoms with Crippen LogP contribution in [0.2, 0.25) is 0 Å². The Labute approximate surface area is 185 Å². The molecule has 1 unspecified atom stereocenters. The second-order valence-corrected chi connectivity index (χ2v) is 7.59. The summed E-state index contributed by atoms with van der Waals surface area (Å²) in [6.45, 7) is 10.2. The maximum absolute atomic E-state index is 4.87. The zero-order chi connectivity index (χ0) is 18.6. The molecule has 0 amide bonds. The summed E-state index contributed by atoms with van der Waals surface area (Å²) >= 11 is 1.89. The molecule has 1 aromatic heterocycles. The summed E-state index contributed by atoms with van der Waals surface area (Å²) in [5.74, 6) is 3.13. The third kappa shape index (κ3) is 8.55. The molecular formula is C18H36IN7S. The van der Waals surface area contributed by atoms with E-state index in [1.165, 1.54) is 25.1 Å². The van der Waals surface area contributed by atoms with E-state index in [1.54, 1.807) is 6.33 Å². The summed E-state index contributed by atoms with van der Waals surface area (Å²) < 4.78 is 2.11. The molecule has 1 aliphatic rings. The van der Waals surface area contributed by atoms with Gasteiger partial charge in [0.05, 0.1) is 6.54 Å². The highest BCUT2D eigenvalue weighted by atomic mass is 127. The number of aryl methyl sites for hydroxylation is 1. The molecule has 9 heteroatoms.